The monoisotopic (exact) mass is 269 g/mol. The van der Waals surface area contributed by atoms with Gasteiger partial charge in [0.1, 0.15) is 0 Å². The Morgan fingerprint density at radius 3 is 3.00 bits per heavy atom. The highest BCUT2D eigenvalue weighted by Gasteiger charge is 2.39. The summed E-state index contributed by atoms with van der Waals surface area (Å²) in [5, 5.41) is 1.43. The predicted octanol–water partition coefficient (Wildman–Crippen LogP) is 3.14. The van der Waals surface area contributed by atoms with E-state index < -0.39 is 0 Å². The molecule has 1 aromatic carbocycles. The fraction of sp³-hybridized carbons (Fsp3) is 0.529. The fourth-order valence-electron chi connectivity index (χ4n) is 4.10. The van der Waals surface area contributed by atoms with Crippen LogP contribution in [0.4, 0.5) is 0 Å². The number of H-pyrrole nitrogens is 1. The minimum atomic E-state index is 0.512. The Morgan fingerprint density at radius 1 is 1.30 bits per heavy atom. The number of nitrogens with one attached hydrogen (secondary N) is 1. The van der Waals surface area contributed by atoms with Crippen LogP contribution in [0.1, 0.15) is 37.6 Å². The van der Waals surface area contributed by atoms with Crippen molar-refractivity contribution in [3.63, 3.8) is 0 Å². The van der Waals surface area contributed by atoms with Crippen LogP contribution in [-0.4, -0.2) is 40.6 Å². The molecule has 0 bridgehead atoms. The zero-order valence-electron chi connectivity index (χ0n) is 12.4. The zero-order valence-corrected chi connectivity index (χ0v) is 12.4. The Bertz CT molecular complexity index is 630. The third kappa shape index (κ3) is 1.73. The minimum absolute atomic E-state index is 0.512. The summed E-state index contributed by atoms with van der Waals surface area (Å²) in [4.78, 5) is 8.95. The van der Waals surface area contributed by atoms with Crippen LogP contribution in [-0.2, 0) is 6.42 Å². The van der Waals surface area contributed by atoms with Gasteiger partial charge in [-0.1, -0.05) is 25.1 Å². The van der Waals surface area contributed by atoms with Crippen LogP contribution in [0.15, 0.2) is 24.3 Å². The van der Waals surface area contributed by atoms with Crippen molar-refractivity contribution in [2.24, 2.45) is 0 Å². The van der Waals surface area contributed by atoms with E-state index >= 15 is 0 Å². The van der Waals surface area contributed by atoms with Gasteiger partial charge in [-0.2, -0.15) is 0 Å². The van der Waals surface area contributed by atoms with Crippen molar-refractivity contribution in [1.82, 2.24) is 14.8 Å². The Kier molecular flexibility index (Phi) is 2.86. The van der Waals surface area contributed by atoms with Gasteiger partial charge in [-0.15, -0.1) is 0 Å². The van der Waals surface area contributed by atoms with Gasteiger partial charge in [0.15, 0.2) is 0 Å². The average Bonchev–Trinajstić information content (AvgIpc) is 3.02. The van der Waals surface area contributed by atoms with Crippen molar-refractivity contribution in [3.8, 4) is 0 Å². The van der Waals surface area contributed by atoms with E-state index in [1.54, 1.807) is 5.56 Å². The maximum absolute atomic E-state index is 3.67. The van der Waals surface area contributed by atoms with Crippen LogP contribution in [0.2, 0.25) is 0 Å². The third-order valence-electron chi connectivity index (χ3n) is 5.04. The number of para-hydroxylation sites is 1. The van der Waals surface area contributed by atoms with Crippen LogP contribution in [0, 0.1) is 0 Å². The first-order valence-corrected chi connectivity index (χ1v) is 7.85. The molecule has 3 heteroatoms. The summed E-state index contributed by atoms with van der Waals surface area (Å²) in [7, 11) is 0. The van der Waals surface area contributed by atoms with Gasteiger partial charge in [-0.25, -0.2) is 0 Å². The molecule has 3 nitrogen and oxygen atoms in total. The smallest absolute Gasteiger partial charge is 0.0516 e. The van der Waals surface area contributed by atoms with Crippen molar-refractivity contribution in [1.29, 1.82) is 0 Å². The molecule has 1 fully saturated rings. The summed E-state index contributed by atoms with van der Waals surface area (Å²) in [6, 6.07) is 9.96. The molecule has 2 aliphatic rings. The normalized spacial score (nSPS) is 26.9. The summed E-state index contributed by atoms with van der Waals surface area (Å²) in [6.45, 7) is 8.23. The van der Waals surface area contributed by atoms with E-state index in [0.717, 1.165) is 6.67 Å². The molecule has 2 aliphatic heterocycles. The molecule has 0 aliphatic carbocycles. The molecule has 20 heavy (non-hydrogen) atoms. The van der Waals surface area contributed by atoms with Gasteiger partial charge in [-0.05, 0) is 37.9 Å². The lowest BCUT2D eigenvalue weighted by molar-refractivity contribution is 0.155. The summed E-state index contributed by atoms with van der Waals surface area (Å²) < 4.78 is 0. The highest BCUT2D eigenvalue weighted by molar-refractivity contribution is 5.85. The maximum atomic E-state index is 3.67. The van der Waals surface area contributed by atoms with E-state index in [1.165, 1.54) is 42.5 Å². The molecule has 2 atom stereocenters. The third-order valence-corrected chi connectivity index (χ3v) is 5.04. The first-order valence-electron chi connectivity index (χ1n) is 7.85. The number of aromatic nitrogens is 1. The van der Waals surface area contributed by atoms with E-state index in [9.17, 15) is 0 Å². The van der Waals surface area contributed by atoms with Gasteiger partial charge < -0.3 is 4.98 Å². The molecule has 1 saturated heterocycles. The van der Waals surface area contributed by atoms with Crippen LogP contribution in [0.5, 0.6) is 0 Å². The van der Waals surface area contributed by atoms with Crippen molar-refractivity contribution < 1.29 is 0 Å². The summed E-state index contributed by atoms with van der Waals surface area (Å²) in [5.74, 6) is 0. The molecular formula is C17H23N3. The summed E-state index contributed by atoms with van der Waals surface area (Å²) >= 11 is 0. The van der Waals surface area contributed by atoms with Gasteiger partial charge in [0.05, 0.1) is 6.67 Å². The molecule has 1 aromatic heterocycles. The van der Waals surface area contributed by atoms with Crippen molar-refractivity contribution in [3.05, 3.63) is 35.5 Å². The second-order valence-electron chi connectivity index (χ2n) is 6.33. The van der Waals surface area contributed by atoms with E-state index in [0.29, 0.717) is 12.1 Å². The lowest BCUT2D eigenvalue weighted by atomic mass is 9.93. The van der Waals surface area contributed by atoms with Crippen LogP contribution < -0.4 is 0 Å². The molecule has 106 valence electrons. The average molecular weight is 269 g/mol. The highest BCUT2D eigenvalue weighted by Crippen LogP contribution is 2.39. The Morgan fingerprint density at radius 2 is 2.15 bits per heavy atom. The van der Waals surface area contributed by atoms with Gasteiger partial charge in [-0.3, -0.25) is 9.80 Å². The largest absolute Gasteiger partial charge is 0.357 e. The van der Waals surface area contributed by atoms with Crippen molar-refractivity contribution in [2.75, 3.05) is 19.8 Å². The predicted molar refractivity (Wildman–Crippen MR) is 82.8 cm³/mol. The molecule has 2 aromatic rings. The second kappa shape index (κ2) is 4.61. The lowest BCUT2D eigenvalue weighted by Gasteiger charge is -2.34. The molecular weight excluding hydrogens is 246 g/mol. The summed E-state index contributed by atoms with van der Waals surface area (Å²) in [6.07, 6.45) is 2.45. The van der Waals surface area contributed by atoms with Crippen LogP contribution >= 0.6 is 0 Å². The molecule has 0 spiro atoms. The maximum Gasteiger partial charge on any atom is 0.0516 e. The molecule has 1 N–H and O–H groups in total. The highest BCUT2D eigenvalue weighted by atomic mass is 15.4. The topological polar surface area (TPSA) is 22.3 Å². The minimum Gasteiger partial charge on any atom is -0.357 e. The number of rotatable bonds is 2. The van der Waals surface area contributed by atoms with Gasteiger partial charge in [0, 0.05) is 35.2 Å². The van der Waals surface area contributed by atoms with Gasteiger partial charge >= 0.3 is 0 Å². The number of fused-ring (bicyclic) bond motifs is 4. The van der Waals surface area contributed by atoms with E-state index in [1.807, 2.05) is 0 Å². The standard InChI is InChI=1S/C17H23N3/c1-3-8-19-10-13-9-15-14-6-4-5-7-16(14)18-17(15)12(2)20(13)11-19/h4-7,12-13,18H,3,8-11H2,1-2H3. The first kappa shape index (κ1) is 12.4. The first-order chi connectivity index (χ1) is 9.78. The van der Waals surface area contributed by atoms with Crippen LogP contribution in [0.3, 0.4) is 0 Å². The molecule has 0 amide bonds. The quantitative estimate of drug-likeness (QED) is 0.905. The molecule has 2 unspecified atom stereocenters. The molecule has 4 rings (SSSR count). The van der Waals surface area contributed by atoms with Crippen molar-refractivity contribution >= 4 is 10.9 Å². The van der Waals surface area contributed by atoms with Gasteiger partial charge in [0.2, 0.25) is 0 Å². The Labute approximate surface area is 120 Å². The Balaban J connectivity index is 1.72. The fourth-order valence-corrected chi connectivity index (χ4v) is 4.10. The number of benzene rings is 1. The van der Waals surface area contributed by atoms with Gasteiger partial charge in [0.25, 0.3) is 0 Å². The van der Waals surface area contributed by atoms with E-state index in [2.05, 4.69) is 52.9 Å². The number of nitrogens with zero attached hydrogens (tertiary/aromatic N) is 2. The molecule has 3 heterocycles. The number of hydrogen-bond donors (Lipinski definition) is 1. The molecule has 0 saturated carbocycles. The Hall–Kier alpha value is -1.32. The van der Waals surface area contributed by atoms with E-state index in [4.69, 9.17) is 0 Å². The zero-order chi connectivity index (χ0) is 13.7. The van der Waals surface area contributed by atoms with Crippen molar-refractivity contribution in [2.45, 2.75) is 38.8 Å². The van der Waals surface area contributed by atoms with Crippen LogP contribution in [0.25, 0.3) is 10.9 Å². The SMILES string of the molecule is CCCN1CC2Cc3c([nH]c4ccccc34)C(C)N2C1. The lowest BCUT2D eigenvalue weighted by Crippen LogP contribution is -2.39. The number of hydrogen-bond acceptors (Lipinski definition) is 2. The van der Waals surface area contributed by atoms with E-state index in [-0.39, 0.29) is 0 Å². The number of aromatic amines is 1. The second-order valence-corrected chi connectivity index (χ2v) is 6.33. The summed E-state index contributed by atoms with van der Waals surface area (Å²) in [5.41, 5.74) is 4.31. The molecule has 0 radical (unpaired) electrons.